The van der Waals surface area contributed by atoms with E-state index in [1.807, 2.05) is 6.07 Å². The Balaban J connectivity index is 1.54. The van der Waals surface area contributed by atoms with Crippen molar-refractivity contribution >= 4 is 28.8 Å². The molecule has 5 heteroatoms. The Kier molecular flexibility index (Phi) is 3.07. The molecular weight excluding hydrogens is 244 g/mol. The van der Waals surface area contributed by atoms with E-state index in [0.717, 1.165) is 17.5 Å². The number of pyridine rings is 1. The predicted molar refractivity (Wildman–Crippen MR) is 77.2 cm³/mol. The summed E-state index contributed by atoms with van der Waals surface area (Å²) in [6.45, 7) is 0. The molecule has 0 aromatic carbocycles. The van der Waals surface area contributed by atoms with Crippen LogP contribution in [-0.4, -0.2) is 16.1 Å². The Morgan fingerprint density at radius 3 is 2.83 bits per heavy atom. The third-order valence-electron chi connectivity index (χ3n) is 4.10. The molecule has 18 heavy (non-hydrogen) atoms. The molecule has 1 aromatic heterocycles. The standard InChI is InChI=1S/C13H18N4S/c14-12-4-3-10(7-15-12)16-13(18)17-11-6-8-1-2-9(11)5-8/h3-4,7-9,11H,1-2,5-6H2,(H2,14,15)(H2,16,17,18)/t8-,9+,11-/m0/s1. The molecule has 2 aliphatic carbocycles. The van der Waals surface area contributed by atoms with E-state index in [1.165, 1.54) is 25.7 Å². The fourth-order valence-electron chi connectivity index (χ4n) is 3.24. The van der Waals surface area contributed by atoms with Crippen LogP contribution < -0.4 is 16.4 Å². The summed E-state index contributed by atoms with van der Waals surface area (Å²) in [5.74, 6) is 2.26. The number of nitrogens with one attached hydrogen (secondary N) is 2. The third kappa shape index (κ3) is 2.41. The van der Waals surface area contributed by atoms with Gasteiger partial charge in [0.2, 0.25) is 0 Å². The van der Waals surface area contributed by atoms with Gasteiger partial charge in [-0.2, -0.15) is 0 Å². The number of thiocarbonyl (C=S) groups is 1. The summed E-state index contributed by atoms with van der Waals surface area (Å²) in [5, 5.41) is 7.29. The zero-order chi connectivity index (χ0) is 12.5. The highest BCUT2D eigenvalue weighted by Crippen LogP contribution is 2.44. The average molecular weight is 262 g/mol. The second-order valence-corrected chi connectivity index (χ2v) is 5.76. The van der Waals surface area contributed by atoms with E-state index in [0.29, 0.717) is 17.0 Å². The fraction of sp³-hybridized carbons (Fsp3) is 0.538. The molecule has 3 atom stereocenters. The van der Waals surface area contributed by atoms with Gasteiger partial charge in [0, 0.05) is 6.04 Å². The Hall–Kier alpha value is -1.36. The minimum absolute atomic E-state index is 0.521. The van der Waals surface area contributed by atoms with Crippen LogP contribution in [-0.2, 0) is 0 Å². The Morgan fingerprint density at radius 1 is 1.33 bits per heavy atom. The van der Waals surface area contributed by atoms with E-state index in [2.05, 4.69) is 15.6 Å². The fourth-order valence-corrected chi connectivity index (χ4v) is 3.51. The zero-order valence-corrected chi connectivity index (χ0v) is 11.0. The number of nitrogens with two attached hydrogens (primary N) is 1. The molecule has 2 saturated carbocycles. The van der Waals surface area contributed by atoms with Crippen LogP contribution in [0.5, 0.6) is 0 Å². The minimum atomic E-state index is 0.521. The van der Waals surface area contributed by atoms with Gasteiger partial charge < -0.3 is 16.4 Å². The highest BCUT2D eigenvalue weighted by atomic mass is 32.1. The summed E-state index contributed by atoms with van der Waals surface area (Å²) in [6, 6.07) is 4.21. The number of hydrogen-bond donors (Lipinski definition) is 3. The van der Waals surface area contributed by atoms with Gasteiger partial charge in [-0.1, -0.05) is 6.42 Å². The summed E-state index contributed by atoms with van der Waals surface area (Å²) >= 11 is 5.34. The van der Waals surface area contributed by atoms with Crippen LogP contribution in [0.25, 0.3) is 0 Å². The topological polar surface area (TPSA) is 63.0 Å². The molecule has 0 unspecified atom stereocenters. The lowest BCUT2D eigenvalue weighted by atomic mass is 9.96. The van der Waals surface area contributed by atoms with Crippen molar-refractivity contribution in [1.82, 2.24) is 10.3 Å². The van der Waals surface area contributed by atoms with Gasteiger partial charge in [0.25, 0.3) is 0 Å². The molecule has 4 nitrogen and oxygen atoms in total. The van der Waals surface area contributed by atoms with Gasteiger partial charge in [-0.25, -0.2) is 4.98 Å². The quantitative estimate of drug-likeness (QED) is 0.713. The number of hydrogen-bond acceptors (Lipinski definition) is 3. The zero-order valence-electron chi connectivity index (χ0n) is 10.2. The number of rotatable bonds is 2. The van der Waals surface area contributed by atoms with Gasteiger partial charge in [-0.05, 0) is 55.4 Å². The summed E-state index contributed by atoms with van der Waals surface area (Å²) < 4.78 is 0. The lowest BCUT2D eigenvalue weighted by Crippen LogP contribution is -2.40. The molecule has 96 valence electrons. The second-order valence-electron chi connectivity index (χ2n) is 5.35. The van der Waals surface area contributed by atoms with Crippen molar-refractivity contribution in [2.75, 3.05) is 11.1 Å². The van der Waals surface area contributed by atoms with E-state index >= 15 is 0 Å². The lowest BCUT2D eigenvalue weighted by molar-refractivity contribution is 0.392. The van der Waals surface area contributed by atoms with Crippen LogP contribution in [0.4, 0.5) is 11.5 Å². The van der Waals surface area contributed by atoms with Crippen LogP contribution in [0.15, 0.2) is 18.3 Å². The molecule has 0 aliphatic heterocycles. The first-order valence-corrected chi connectivity index (χ1v) is 6.90. The van der Waals surface area contributed by atoms with Gasteiger partial charge in [0.15, 0.2) is 5.11 Å². The number of anilines is 2. The molecule has 2 aliphatic rings. The van der Waals surface area contributed by atoms with Gasteiger partial charge in [0.05, 0.1) is 11.9 Å². The maximum atomic E-state index is 5.54. The smallest absolute Gasteiger partial charge is 0.171 e. The van der Waals surface area contributed by atoms with Gasteiger partial charge in [-0.15, -0.1) is 0 Å². The first kappa shape index (κ1) is 11.7. The van der Waals surface area contributed by atoms with Crippen LogP contribution in [0.2, 0.25) is 0 Å². The van der Waals surface area contributed by atoms with Crippen molar-refractivity contribution in [1.29, 1.82) is 0 Å². The summed E-state index contributed by atoms with van der Waals surface area (Å²) in [4.78, 5) is 4.03. The highest BCUT2D eigenvalue weighted by molar-refractivity contribution is 7.80. The van der Waals surface area contributed by atoms with Crippen molar-refractivity contribution < 1.29 is 0 Å². The molecule has 2 fully saturated rings. The molecule has 1 aromatic rings. The maximum absolute atomic E-state index is 5.54. The summed E-state index contributed by atoms with van der Waals surface area (Å²) in [6.07, 6.45) is 7.11. The van der Waals surface area contributed by atoms with E-state index in [4.69, 9.17) is 18.0 Å². The molecule has 2 bridgehead atoms. The number of nitrogens with zero attached hydrogens (tertiary/aromatic N) is 1. The molecule has 0 saturated heterocycles. The lowest BCUT2D eigenvalue weighted by Gasteiger charge is -2.24. The SMILES string of the molecule is Nc1ccc(NC(=S)N[C@H]2C[C@H]3CC[C@@H]2C3)cn1. The van der Waals surface area contributed by atoms with Crippen molar-refractivity contribution in [2.24, 2.45) is 11.8 Å². The average Bonchev–Trinajstić information content (AvgIpc) is 2.94. The summed E-state index contributed by atoms with van der Waals surface area (Å²) in [7, 11) is 0. The first-order chi connectivity index (χ1) is 8.70. The second kappa shape index (κ2) is 4.72. The number of fused-ring (bicyclic) bond motifs is 2. The van der Waals surface area contributed by atoms with E-state index in [-0.39, 0.29) is 0 Å². The molecule has 0 spiro atoms. The van der Waals surface area contributed by atoms with Crippen molar-refractivity contribution in [3.05, 3.63) is 18.3 Å². The van der Waals surface area contributed by atoms with Gasteiger partial charge >= 0.3 is 0 Å². The van der Waals surface area contributed by atoms with Crippen LogP contribution >= 0.6 is 12.2 Å². The molecule has 0 radical (unpaired) electrons. The molecule has 3 rings (SSSR count). The van der Waals surface area contributed by atoms with E-state index < -0.39 is 0 Å². The Labute approximate surface area is 112 Å². The normalized spacial score (nSPS) is 29.2. The van der Waals surface area contributed by atoms with Crippen molar-refractivity contribution in [3.63, 3.8) is 0 Å². The third-order valence-corrected chi connectivity index (χ3v) is 4.32. The number of nitrogen functional groups attached to an aromatic ring is 1. The van der Waals surface area contributed by atoms with Crippen LogP contribution in [0.3, 0.4) is 0 Å². The van der Waals surface area contributed by atoms with Crippen LogP contribution in [0, 0.1) is 11.8 Å². The van der Waals surface area contributed by atoms with Gasteiger partial charge in [0.1, 0.15) is 5.82 Å². The van der Waals surface area contributed by atoms with Gasteiger partial charge in [-0.3, -0.25) is 0 Å². The maximum Gasteiger partial charge on any atom is 0.171 e. The van der Waals surface area contributed by atoms with E-state index in [1.54, 1.807) is 12.3 Å². The first-order valence-electron chi connectivity index (χ1n) is 6.50. The van der Waals surface area contributed by atoms with Crippen molar-refractivity contribution in [3.8, 4) is 0 Å². The molecule has 0 amide bonds. The Bertz CT molecular complexity index is 445. The monoisotopic (exact) mass is 262 g/mol. The van der Waals surface area contributed by atoms with E-state index in [9.17, 15) is 0 Å². The minimum Gasteiger partial charge on any atom is -0.384 e. The Morgan fingerprint density at radius 2 is 2.22 bits per heavy atom. The largest absolute Gasteiger partial charge is 0.384 e. The highest BCUT2D eigenvalue weighted by Gasteiger charge is 2.39. The predicted octanol–water partition coefficient (Wildman–Crippen LogP) is 2.14. The van der Waals surface area contributed by atoms with Crippen LogP contribution in [0.1, 0.15) is 25.7 Å². The van der Waals surface area contributed by atoms with Crippen molar-refractivity contribution in [2.45, 2.75) is 31.7 Å². The molecular formula is C13H18N4S. The molecule has 1 heterocycles. The summed E-state index contributed by atoms with van der Waals surface area (Å²) in [5.41, 5.74) is 6.42. The molecule has 4 N–H and O–H groups in total. The number of aromatic nitrogens is 1.